The van der Waals surface area contributed by atoms with Crippen molar-refractivity contribution in [2.45, 2.75) is 50.0 Å². The van der Waals surface area contributed by atoms with Crippen LogP contribution in [-0.4, -0.2) is 45.4 Å². The molecule has 3 rings (SSSR count). The van der Waals surface area contributed by atoms with Gasteiger partial charge in [-0.3, -0.25) is 4.79 Å². The van der Waals surface area contributed by atoms with Gasteiger partial charge in [0, 0.05) is 31.3 Å². The summed E-state index contributed by atoms with van der Waals surface area (Å²) in [7, 11) is -2.18. The number of rotatable bonds is 9. The highest BCUT2D eigenvalue weighted by Gasteiger charge is 2.25. The minimum atomic E-state index is -3.51. The predicted molar refractivity (Wildman–Crippen MR) is 120 cm³/mol. The average molecular weight is 483 g/mol. The molecule has 1 aliphatic heterocycles. The summed E-state index contributed by atoms with van der Waals surface area (Å²) in [6, 6.07) is 10.8. The second-order valence-electron chi connectivity index (χ2n) is 7.75. The van der Waals surface area contributed by atoms with E-state index in [1.165, 1.54) is 25.3 Å². The molecule has 33 heavy (non-hydrogen) atoms. The maximum Gasteiger partial charge on any atom is 0.387 e. The topological polar surface area (TPSA) is 84.9 Å². The molecule has 0 unspecified atom stereocenters. The fraction of sp³-hybridized carbons (Fsp3) is 0.435. The summed E-state index contributed by atoms with van der Waals surface area (Å²) >= 11 is 0. The number of carbonyl (C=O) groups excluding carboxylic acids is 1. The van der Waals surface area contributed by atoms with Gasteiger partial charge in [-0.25, -0.2) is 8.42 Å². The van der Waals surface area contributed by atoms with Crippen LogP contribution < -0.4 is 14.8 Å². The highest BCUT2D eigenvalue weighted by Crippen LogP contribution is 2.31. The number of alkyl halides is 2. The number of amides is 1. The van der Waals surface area contributed by atoms with Crippen molar-refractivity contribution in [3.63, 3.8) is 0 Å². The van der Waals surface area contributed by atoms with Crippen LogP contribution in [0.3, 0.4) is 0 Å². The van der Waals surface area contributed by atoms with Crippen LogP contribution in [-0.2, 0) is 21.2 Å². The molecule has 0 bridgehead atoms. The van der Waals surface area contributed by atoms with Crippen molar-refractivity contribution >= 4 is 21.6 Å². The van der Waals surface area contributed by atoms with Crippen molar-refractivity contribution in [3.05, 3.63) is 48.0 Å². The van der Waals surface area contributed by atoms with Crippen molar-refractivity contribution in [1.29, 1.82) is 0 Å². The van der Waals surface area contributed by atoms with Gasteiger partial charge in [-0.2, -0.15) is 13.1 Å². The summed E-state index contributed by atoms with van der Waals surface area (Å²) in [6.45, 7) is -1.93. The normalized spacial score (nSPS) is 15.2. The van der Waals surface area contributed by atoms with E-state index >= 15 is 0 Å². The molecule has 7 nitrogen and oxygen atoms in total. The molecule has 1 N–H and O–H groups in total. The lowest BCUT2D eigenvalue weighted by Crippen LogP contribution is -2.31. The molecule has 0 aliphatic carbocycles. The van der Waals surface area contributed by atoms with Crippen LogP contribution in [0.15, 0.2) is 47.4 Å². The smallest absolute Gasteiger partial charge is 0.387 e. The van der Waals surface area contributed by atoms with E-state index < -0.39 is 16.6 Å². The molecule has 0 spiro atoms. The number of benzene rings is 2. The Kier molecular flexibility index (Phi) is 8.62. The summed E-state index contributed by atoms with van der Waals surface area (Å²) < 4.78 is 61.8. The van der Waals surface area contributed by atoms with Gasteiger partial charge in [0.05, 0.1) is 12.0 Å². The molecule has 1 heterocycles. The Hall–Kier alpha value is -2.72. The van der Waals surface area contributed by atoms with Gasteiger partial charge in [0.2, 0.25) is 15.9 Å². The molecule has 0 saturated carbocycles. The standard InChI is InChI=1S/C23H28F2N2O5S/c1-31-20-12-9-18(16-21(20)32-23(24)25)26-22(28)13-8-17-6-10-19(11-7-17)33(29,30)27-14-4-2-3-5-15-27/h6-7,9-12,16,23H,2-5,8,13-15H2,1H3,(H,26,28). The number of nitrogens with zero attached hydrogens (tertiary/aromatic N) is 1. The van der Waals surface area contributed by atoms with Crippen molar-refractivity contribution in [1.82, 2.24) is 4.31 Å². The Morgan fingerprint density at radius 1 is 1.03 bits per heavy atom. The second-order valence-corrected chi connectivity index (χ2v) is 9.69. The van der Waals surface area contributed by atoms with Gasteiger partial charge in [0.1, 0.15) is 0 Å². The average Bonchev–Trinajstić information content (AvgIpc) is 3.08. The number of hydrogen-bond acceptors (Lipinski definition) is 5. The van der Waals surface area contributed by atoms with E-state index in [1.807, 2.05) is 0 Å². The zero-order valence-corrected chi connectivity index (χ0v) is 19.2. The molecule has 1 amide bonds. The summed E-state index contributed by atoms with van der Waals surface area (Å²) in [5.74, 6) is -0.362. The maximum atomic E-state index is 12.9. The van der Waals surface area contributed by atoms with Gasteiger partial charge in [0.15, 0.2) is 11.5 Å². The molecule has 0 atom stereocenters. The fourth-order valence-electron chi connectivity index (χ4n) is 3.68. The van der Waals surface area contributed by atoms with E-state index in [0.29, 0.717) is 25.2 Å². The van der Waals surface area contributed by atoms with Gasteiger partial charge in [-0.15, -0.1) is 0 Å². The lowest BCUT2D eigenvalue weighted by Gasteiger charge is -2.20. The summed E-state index contributed by atoms with van der Waals surface area (Å²) in [6.07, 6.45) is 4.36. The lowest BCUT2D eigenvalue weighted by atomic mass is 10.1. The SMILES string of the molecule is COc1ccc(NC(=O)CCc2ccc(S(=O)(=O)N3CCCCCC3)cc2)cc1OC(F)F. The molecular formula is C23H28F2N2O5S. The minimum absolute atomic E-state index is 0.128. The molecule has 2 aromatic carbocycles. The van der Waals surface area contributed by atoms with Gasteiger partial charge in [-0.05, 0) is 49.1 Å². The highest BCUT2D eigenvalue weighted by atomic mass is 32.2. The zero-order chi connectivity index (χ0) is 23.8. The number of sulfonamides is 1. The zero-order valence-electron chi connectivity index (χ0n) is 18.4. The van der Waals surface area contributed by atoms with Gasteiger partial charge in [0.25, 0.3) is 0 Å². The molecule has 10 heteroatoms. The predicted octanol–water partition coefficient (Wildman–Crippen LogP) is 4.43. The Bertz CT molecular complexity index is 1040. The van der Waals surface area contributed by atoms with E-state index in [9.17, 15) is 22.0 Å². The Morgan fingerprint density at radius 3 is 2.30 bits per heavy atom. The van der Waals surface area contributed by atoms with Gasteiger partial charge >= 0.3 is 6.61 Å². The largest absolute Gasteiger partial charge is 0.493 e. The molecule has 1 fully saturated rings. The number of aryl methyl sites for hydroxylation is 1. The fourth-order valence-corrected chi connectivity index (χ4v) is 5.20. The molecule has 0 radical (unpaired) electrons. The highest BCUT2D eigenvalue weighted by molar-refractivity contribution is 7.89. The number of halogens is 2. The molecule has 1 saturated heterocycles. The van der Waals surface area contributed by atoms with Crippen molar-refractivity contribution < 1.29 is 31.5 Å². The van der Waals surface area contributed by atoms with Crippen LogP contribution in [0.2, 0.25) is 0 Å². The van der Waals surface area contributed by atoms with Crippen molar-refractivity contribution in [2.24, 2.45) is 0 Å². The third-order valence-electron chi connectivity index (χ3n) is 5.43. The van der Waals surface area contributed by atoms with Crippen LogP contribution in [0, 0.1) is 0 Å². The third-order valence-corrected chi connectivity index (χ3v) is 7.34. The second kappa shape index (κ2) is 11.4. The molecule has 180 valence electrons. The Labute approximate surface area is 192 Å². The Balaban J connectivity index is 1.57. The van der Waals surface area contributed by atoms with E-state index in [0.717, 1.165) is 31.2 Å². The van der Waals surface area contributed by atoms with Crippen LogP contribution >= 0.6 is 0 Å². The van der Waals surface area contributed by atoms with E-state index in [4.69, 9.17) is 4.74 Å². The quantitative estimate of drug-likeness (QED) is 0.572. The summed E-state index contributed by atoms with van der Waals surface area (Å²) in [5.41, 5.74) is 1.12. The molecule has 0 aromatic heterocycles. The van der Waals surface area contributed by atoms with E-state index in [-0.39, 0.29) is 28.7 Å². The number of hydrogen-bond donors (Lipinski definition) is 1. The van der Waals surface area contributed by atoms with Gasteiger partial charge < -0.3 is 14.8 Å². The van der Waals surface area contributed by atoms with E-state index in [2.05, 4.69) is 10.1 Å². The van der Waals surface area contributed by atoms with Gasteiger partial charge in [-0.1, -0.05) is 25.0 Å². The first-order valence-corrected chi connectivity index (χ1v) is 12.3. The maximum absolute atomic E-state index is 12.9. The summed E-state index contributed by atoms with van der Waals surface area (Å²) in [4.78, 5) is 12.6. The summed E-state index contributed by atoms with van der Waals surface area (Å²) in [5, 5.41) is 2.64. The molecule has 2 aromatic rings. The monoisotopic (exact) mass is 482 g/mol. The Morgan fingerprint density at radius 2 is 1.70 bits per heavy atom. The lowest BCUT2D eigenvalue weighted by molar-refractivity contribution is -0.116. The van der Waals surface area contributed by atoms with Crippen LogP contribution in [0.1, 0.15) is 37.7 Å². The number of nitrogens with one attached hydrogen (secondary N) is 1. The molecule has 1 aliphatic rings. The van der Waals surface area contributed by atoms with Crippen molar-refractivity contribution in [3.8, 4) is 11.5 Å². The van der Waals surface area contributed by atoms with Crippen LogP contribution in [0.5, 0.6) is 11.5 Å². The van der Waals surface area contributed by atoms with Crippen molar-refractivity contribution in [2.75, 3.05) is 25.5 Å². The third kappa shape index (κ3) is 6.88. The number of carbonyl (C=O) groups is 1. The first-order valence-electron chi connectivity index (χ1n) is 10.8. The van der Waals surface area contributed by atoms with E-state index in [1.54, 1.807) is 28.6 Å². The molecular weight excluding hydrogens is 454 g/mol. The van der Waals surface area contributed by atoms with Crippen LogP contribution in [0.4, 0.5) is 14.5 Å². The number of methoxy groups -OCH3 is 1. The minimum Gasteiger partial charge on any atom is -0.493 e. The first-order chi connectivity index (χ1) is 15.8. The first kappa shape index (κ1) is 24.9. The number of anilines is 1. The van der Waals surface area contributed by atoms with Crippen LogP contribution in [0.25, 0.3) is 0 Å². The number of ether oxygens (including phenoxy) is 2.